The van der Waals surface area contributed by atoms with Crippen LogP contribution in [-0.2, 0) is 30.6 Å². The van der Waals surface area contributed by atoms with E-state index in [1.54, 1.807) is 6.92 Å². The summed E-state index contributed by atoms with van der Waals surface area (Å²) in [4.78, 5) is 9.82. The van der Waals surface area contributed by atoms with Gasteiger partial charge in [0.1, 0.15) is 0 Å². The van der Waals surface area contributed by atoms with Crippen LogP contribution >= 0.6 is 0 Å². The predicted octanol–water partition coefficient (Wildman–Crippen LogP) is 0.567. The van der Waals surface area contributed by atoms with E-state index in [2.05, 4.69) is 4.74 Å². The molecule has 0 aliphatic rings. The SMILES string of the molecule is CCOC(C)=O.[W]. The molecule has 0 aliphatic heterocycles. The minimum atomic E-state index is -0.211. The molecule has 0 heterocycles. The van der Waals surface area contributed by atoms with Crippen LogP contribution in [0, 0.1) is 0 Å². The van der Waals surface area contributed by atoms with Crippen LogP contribution in [0.5, 0.6) is 0 Å². The van der Waals surface area contributed by atoms with Crippen molar-refractivity contribution in [3.05, 3.63) is 0 Å². The molecule has 0 aromatic rings. The number of hydrogen-bond acceptors (Lipinski definition) is 2. The Bertz CT molecular complexity index is 53.7. The van der Waals surface area contributed by atoms with Gasteiger partial charge < -0.3 is 4.74 Å². The van der Waals surface area contributed by atoms with E-state index in [0.717, 1.165) is 0 Å². The van der Waals surface area contributed by atoms with Crippen molar-refractivity contribution in [1.82, 2.24) is 0 Å². The zero-order chi connectivity index (χ0) is 4.99. The Morgan fingerprint density at radius 3 is 2.14 bits per heavy atom. The molecule has 0 bridgehead atoms. The molecule has 0 atom stereocenters. The fourth-order valence-electron chi connectivity index (χ4n) is 0.203. The van der Waals surface area contributed by atoms with Gasteiger partial charge >= 0.3 is 5.97 Å². The molecular formula is C4H8O2W. The topological polar surface area (TPSA) is 26.3 Å². The van der Waals surface area contributed by atoms with Crippen LogP contribution in [0.25, 0.3) is 0 Å². The van der Waals surface area contributed by atoms with Gasteiger partial charge in [-0.3, -0.25) is 4.79 Å². The number of ether oxygens (including phenoxy) is 1. The fourth-order valence-corrected chi connectivity index (χ4v) is 0.203. The zero-order valence-electron chi connectivity index (χ0n) is 4.43. The van der Waals surface area contributed by atoms with Gasteiger partial charge in [-0.25, -0.2) is 0 Å². The zero-order valence-corrected chi connectivity index (χ0v) is 7.37. The number of hydrogen-bond donors (Lipinski definition) is 0. The first-order valence-corrected chi connectivity index (χ1v) is 1.90. The van der Waals surface area contributed by atoms with E-state index in [1.807, 2.05) is 0 Å². The van der Waals surface area contributed by atoms with Crippen LogP contribution in [0.3, 0.4) is 0 Å². The first-order valence-electron chi connectivity index (χ1n) is 1.90. The predicted molar refractivity (Wildman–Crippen MR) is 22.3 cm³/mol. The molecule has 0 N–H and O–H groups in total. The second-order valence-electron chi connectivity index (χ2n) is 0.925. The van der Waals surface area contributed by atoms with Crippen LogP contribution in [0.2, 0.25) is 0 Å². The van der Waals surface area contributed by atoms with Crippen LogP contribution in [-0.4, -0.2) is 12.6 Å². The molecule has 0 saturated heterocycles. The summed E-state index contributed by atoms with van der Waals surface area (Å²) in [6, 6.07) is 0. The molecule has 42 valence electrons. The summed E-state index contributed by atoms with van der Waals surface area (Å²) in [5, 5.41) is 0. The van der Waals surface area contributed by atoms with Crippen LogP contribution in [0.4, 0.5) is 0 Å². The van der Waals surface area contributed by atoms with Gasteiger partial charge in [0.15, 0.2) is 0 Å². The molecule has 0 rings (SSSR count). The van der Waals surface area contributed by atoms with Gasteiger partial charge in [-0.05, 0) is 6.92 Å². The van der Waals surface area contributed by atoms with Crippen molar-refractivity contribution in [3.8, 4) is 0 Å². The van der Waals surface area contributed by atoms with Gasteiger partial charge in [0.25, 0.3) is 0 Å². The third-order valence-electron chi connectivity index (χ3n) is 0.348. The Kier molecular flexibility index (Phi) is 8.98. The molecule has 0 saturated carbocycles. The summed E-state index contributed by atoms with van der Waals surface area (Å²) in [5.74, 6) is -0.211. The second kappa shape index (κ2) is 6.16. The average Bonchev–Trinajstić information content (AvgIpc) is 1.35. The normalized spacial score (nSPS) is 6.57. The molecule has 0 aromatic heterocycles. The Balaban J connectivity index is 0. The third-order valence-corrected chi connectivity index (χ3v) is 0.348. The average molecular weight is 272 g/mol. The second-order valence-corrected chi connectivity index (χ2v) is 0.925. The van der Waals surface area contributed by atoms with Crippen molar-refractivity contribution in [1.29, 1.82) is 0 Å². The van der Waals surface area contributed by atoms with Crippen LogP contribution in [0.1, 0.15) is 13.8 Å². The van der Waals surface area contributed by atoms with E-state index in [-0.39, 0.29) is 27.0 Å². The van der Waals surface area contributed by atoms with Crippen molar-refractivity contribution in [2.75, 3.05) is 6.61 Å². The monoisotopic (exact) mass is 272 g/mol. The summed E-state index contributed by atoms with van der Waals surface area (Å²) >= 11 is 0. The maximum atomic E-state index is 9.82. The van der Waals surface area contributed by atoms with Gasteiger partial charge in [0, 0.05) is 28.0 Å². The Morgan fingerprint density at radius 1 is 1.71 bits per heavy atom. The van der Waals surface area contributed by atoms with Gasteiger partial charge in [-0.2, -0.15) is 0 Å². The van der Waals surface area contributed by atoms with Crippen molar-refractivity contribution >= 4 is 5.97 Å². The molecule has 7 heavy (non-hydrogen) atoms. The van der Waals surface area contributed by atoms with Crippen molar-refractivity contribution < 1.29 is 30.6 Å². The summed E-state index contributed by atoms with van der Waals surface area (Å²) in [6.45, 7) is 3.65. The summed E-state index contributed by atoms with van der Waals surface area (Å²) < 4.78 is 4.40. The minimum Gasteiger partial charge on any atom is -0.466 e. The van der Waals surface area contributed by atoms with Gasteiger partial charge in [0.2, 0.25) is 0 Å². The molecule has 0 radical (unpaired) electrons. The Morgan fingerprint density at radius 2 is 2.14 bits per heavy atom. The van der Waals surface area contributed by atoms with E-state index in [0.29, 0.717) is 6.61 Å². The van der Waals surface area contributed by atoms with Crippen LogP contribution < -0.4 is 0 Å². The fraction of sp³-hybridized carbons (Fsp3) is 0.750. The van der Waals surface area contributed by atoms with E-state index in [9.17, 15) is 4.79 Å². The maximum Gasteiger partial charge on any atom is 0.302 e. The molecule has 0 aromatic carbocycles. The molecule has 0 fully saturated rings. The van der Waals surface area contributed by atoms with E-state index >= 15 is 0 Å². The van der Waals surface area contributed by atoms with E-state index in [1.165, 1.54) is 6.92 Å². The quantitative estimate of drug-likeness (QED) is 0.652. The Labute approximate surface area is 57.5 Å². The standard InChI is InChI=1S/C4H8O2.W/c1-3-6-4(2)5;/h3H2,1-2H3;. The van der Waals surface area contributed by atoms with Gasteiger partial charge in [0.05, 0.1) is 6.61 Å². The summed E-state index contributed by atoms with van der Waals surface area (Å²) in [6.07, 6.45) is 0. The van der Waals surface area contributed by atoms with Crippen molar-refractivity contribution in [2.45, 2.75) is 13.8 Å². The molecule has 0 unspecified atom stereocenters. The summed E-state index contributed by atoms with van der Waals surface area (Å²) in [5.41, 5.74) is 0. The third kappa shape index (κ3) is 10.7. The smallest absolute Gasteiger partial charge is 0.302 e. The van der Waals surface area contributed by atoms with Crippen molar-refractivity contribution in [3.63, 3.8) is 0 Å². The summed E-state index contributed by atoms with van der Waals surface area (Å²) in [7, 11) is 0. The number of esters is 1. The largest absolute Gasteiger partial charge is 0.466 e. The maximum absolute atomic E-state index is 9.82. The van der Waals surface area contributed by atoms with Gasteiger partial charge in [-0.15, -0.1) is 0 Å². The number of rotatable bonds is 1. The van der Waals surface area contributed by atoms with E-state index in [4.69, 9.17) is 0 Å². The first-order chi connectivity index (χ1) is 2.77. The number of carbonyl (C=O) groups excluding carboxylic acids is 1. The molecule has 0 amide bonds. The molecule has 2 nitrogen and oxygen atoms in total. The first kappa shape index (κ1) is 10.2. The molecule has 3 heteroatoms. The van der Waals surface area contributed by atoms with E-state index < -0.39 is 0 Å². The van der Waals surface area contributed by atoms with Gasteiger partial charge in [-0.1, -0.05) is 0 Å². The van der Waals surface area contributed by atoms with Crippen molar-refractivity contribution in [2.24, 2.45) is 0 Å². The molecule has 0 aliphatic carbocycles. The van der Waals surface area contributed by atoms with Crippen LogP contribution in [0.15, 0.2) is 0 Å². The molecule has 0 spiro atoms. The minimum absolute atomic E-state index is 0. The Hall–Kier alpha value is 0.158. The molecular weight excluding hydrogens is 264 g/mol. The number of carbonyl (C=O) groups is 1.